The molecule has 2 unspecified atom stereocenters. The monoisotopic (exact) mass is 622 g/mol. The Bertz CT molecular complexity index is 1080. The smallest absolute Gasteiger partial charge is 0.393 e. The van der Waals surface area contributed by atoms with Crippen molar-refractivity contribution in [3.05, 3.63) is 47.6 Å². The molecule has 0 heterocycles. The van der Waals surface area contributed by atoms with Crippen LogP contribution in [0.15, 0.2) is 47.6 Å². The van der Waals surface area contributed by atoms with Gasteiger partial charge in [-0.3, -0.25) is 0 Å². The van der Waals surface area contributed by atoms with Gasteiger partial charge in [0.15, 0.2) is 0 Å². The Kier molecular flexibility index (Phi) is 10.5. The Balaban J connectivity index is 1.93. The molecule has 3 rings (SSSR count). The molecule has 0 aliphatic heterocycles. The highest BCUT2D eigenvalue weighted by Crippen LogP contribution is 2.64. The average Bonchev–Trinajstić information content (AvgIpc) is 3.21. The number of halogens is 6. The maximum absolute atomic E-state index is 13.4. The zero-order chi connectivity index (χ0) is 32.6. The van der Waals surface area contributed by atoms with Crippen molar-refractivity contribution < 1.29 is 46.8 Å². The molecule has 3 aliphatic rings. The molecule has 43 heavy (non-hydrogen) atoms. The van der Waals surface area contributed by atoms with Crippen LogP contribution in [0.3, 0.4) is 0 Å². The number of allylic oxidation sites excluding steroid dienone is 4. The first-order valence-corrected chi connectivity index (χ1v) is 15.2. The lowest BCUT2D eigenvalue weighted by Gasteiger charge is -2.49. The fourth-order valence-electron chi connectivity index (χ4n) is 8.04. The average molecular weight is 623 g/mol. The SMILES string of the molecule is C=C1/C(=C\C=C2CCC[C@@]3(C)C2CC[C@@H]3[C@](C)(C/C=C/C(O)(C(F)(F)F)C(F)(F)F)CCCC(C)(C)O)C[C@@H](O)CC1O. The molecule has 0 amide bonds. The van der Waals surface area contributed by atoms with E-state index in [2.05, 4.69) is 13.5 Å². The first-order chi connectivity index (χ1) is 19.5. The zero-order valence-electron chi connectivity index (χ0n) is 25.7. The van der Waals surface area contributed by atoms with E-state index in [0.29, 0.717) is 31.3 Å². The van der Waals surface area contributed by atoms with E-state index in [1.54, 1.807) is 13.8 Å². The van der Waals surface area contributed by atoms with Crippen LogP contribution in [-0.2, 0) is 0 Å². The van der Waals surface area contributed by atoms with Crippen LogP contribution >= 0.6 is 0 Å². The summed E-state index contributed by atoms with van der Waals surface area (Å²) in [6.07, 6.45) is -2.44. The Morgan fingerprint density at radius 3 is 2.16 bits per heavy atom. The van der Waals surface area contributed by atoms with Gasteiger partial charge in [0, 0.05) is 6.42 Å². The summed E-state index contributed by atoms with van der Waals surface area (Å²) in [5.74, 6) is 0.139. The van der Waals surface area contributed by atoms with Crippen LogP contribution in [0.5, 0.6) is 0 Å². The van der Waals surface area contributed by atoms with E-state index in [-0.39, 0.29) is 36.2 Å². The fourth-order valence-corrected chi connectivity index (χ4v) is 8.04. The van der Waals surface area contributed by atoms with Gasteiger partial charge in [0.1, 0.15) is 0 Å². The van der Waals surface area contributed by atoms with Gasteiger partial charge in [-0.2, -0.15) is 26.3 Å². The Labute approximate surface area is 251 Å². The summed E-state index contributed by atoms with van der Waals surface area (Å²) in [6, 6.07) is 0. The number of aliphatic hydroxyl groups is 4. The molecule has 0 radical (unpaired) electrons. The normalized spacial score (nSPS) is 32.9. The topological polar surface area (TPSA) is 80.9 Å². The van der Waals surface area contributed by atoms with Gasteiger partial charge in [0.25, 0.3) is 5.60 Å². The minimum absolute atomic E-state index is 0.0223. The minimum atomic E-state index is -5.92. The summed E-state index contributed by atoms with van der Waals surface area (Å²) in [5, 5.41) is 40.3. The molecule has 3 aliphatic carbocycles. The second kappa shape index (κ2) is 12.6. The molecule has 6 atom stereocenters. The molecule has 3 saturated carbocycles. The van der Waals surface area contributed by atoms with Gasteiger partial charge in [-0.25, -0.2) is 0 Å². The van der Waals surface area contributed by atoms with Crippen LogP contribution in [-0.4, -0.2) is 56.2 Å². The molecule has 0 aromatic carbocycles. The largest absolute Gasteiger partial charge is 0.429 e. The van der Waals surface area contributed by atoms with Crippen LogP contribution < -0.4 is 0 Å². The molecule has 4 nitrogen and oxygen atoms in total. The van der Waals surface area contributed by atoms with Gasteiger partial charge in [0.05, 0.1) is 17.8 Å². The number of hydrogen-bond donors (Lipinski definition) is 4. The van der Waals surface area contributed by atoms with E-state index in [9.17, 15) is 46.8 Å². The zero-order valence-corrected chi connectivity index (χ0v) is 25.7. The van der Waals surface area contributed by atoms with Crippen LogP contribution in [0.1, 0.15) is 98.3 Å². The number of aliphatic hydroxyl groups excluding tert-OH is 2. The van der Waals surface area contributed by atoms with Gasteiger partial charge >= 0.3 is 12.4 Å². The van der Waals surface area contributed by atoms with E-state index in [4.69, 9.17) is 0 Å². The fraction of sp³-hybridized carbons (Fsp3) is 0.758. The van der Waals surface area contributed by atoms with Crippen LogP contribution in [0.25, 0.3) is 0 Å². The summed E-state index contributed by atoms with van der Waals surface area (Å²) in [5.41, 5.74) is -4.25. The lowest BCUT2D eigenvalue weighted by Crippen LogP contribution is -2.55. The molecule has 3 fully saturated rings. The van der Waals surface area contributed by atoms with Crippen molar-refractivity contribution in [2.24, 2.45) is 22.7 Å². The standard InChI is InChI=1S/C33H48F6O4/c1-21-23(19-24(40)20-26(21)41)11-10-22-9-6-17-30(5)25(22)12-13-27(30)29(4,15-7-14-28(2,3)42)16-8-18-31(43,32(34,35)36)33(37,38)39/h8,10-11,18,24-27,40-43H,1,6-7,9,12-17,19-20H2,2-5H3/b18-8+,22-10?,23-11-/t24-,25?,26?,27-,29+,30+/m1/s1. The van der Waals surface area contributed by atoms with Gasteiger partial charge in [-0.15, -0.1) is 0 Å². The second-order valence-electron chi connectivity index (χ2n) is 14.3. The summed E-state index contributed by atoms with van der Waals surface area (Å²) in [4.78, 5) is 0. The molecule has 4 N–H and O–H groups in total. The molecule has 246 valence electrons. The maximum atomic E-state index is 13.4. The van der Waals surface area contributed by atoms with Gasteiger partial charge < -0.3 is 20.4 Å². The summed E-state index contributed by atoms with van der Waals surface area (Å²) in [6.45, 7) is 11.4. The highest BCUT2D eigenvalue weighted by Gasteiger charge is 2.69. The molecule has 0 bridgehead atoms. The molecule has 0 aromatic rings. The van der Waals surface area contributed by atoms with Crippen molar-refractivity contribution in [1.82, 2.24) is 0 Å². The molecule has 0 spiro atoms. The number of alkyl halides is 6. The summed E-state index contributed by atoms with van der Waals surface area (Å²) in [7, 11) is 0. The van der Waals surface area contributed by atoms with Crippen molar-refractivity contribution >= 4 is 0 Å². The van der Waals surface area contributed by atoms with Crippen molar-refractivity contribution in [2.75, 3.05) is 0 Å². The van der Waals surface area contributed by atoms with Gasteiger partial charge in [-0.05, 0) is 112 Å². The van der Waals surface area contributed by atoms with E-state index >= 15 is 0 Å². The Hall–Kier alpha value is -1.62. The lowest BCUT2D eigenvalue weighted by atomic mass is 9.55. The van der Waals surface area contributed by atoms with E-state index in [0.717, 1.165) is 43.8 Å². The van der Waals surface area contributed by atoms with Gasteiger partial charge in [0.2, 0.25) is 0 Å². The highest BCUT2D eigenvalue weighted by atomic mass is 19.4. The third kappa shape index (κ3) is 7.79. The molecule has 0 aromatic heterocycles. The molecule has 10 heteroatoms. The van der Waals surface area contributed by atoms with Gasteiger partial charge in [-0.1, -0.05) is 50.6 Å². The van der Waals surface area contributed by atoms with Crippen LogP contribution in [0, 0.1) is 22.7 Å². The third-order valence-electron chi connectivity index (χ3n) is 10.4. The first kappa shape index (κ1) is 35.9. The van der Waals surface area contributed by atoms with Crippen molar-refractivity contribution in [2.45, 2.75) is 134 Å². The Morgan fingerprint density at radius 2 is 1.58 bits per heavy atom. The van der Waals surface area contributed by atoms with Crippen LogP contribution in [0.2, 0.25) is 0 Å². The molecular formula is C33H48F6O4. The predicted octanol–water partition coefficient (Wildman–Crippen LogP) is 7.88. The van der Waals surface area contributed by atoms with E-state index in [1.807, 2.05) is 19.1 Å². The Morgan fingerprint density at radius 1 is 0.953 bits per heavy atom. The second-order valence-corrected chi connectivity index (χ2v) is 14.3. The third-order valence-corrected chi connectivity index (χ3v) is 10.4. The summed E-state index contributed by atoms with van der Waals surface area (Å²) < 4.78 is 80.2. The number of hydrogen-bond acceptors (Lipinski definition) is 4. The molecular weight excluding hydrogens is 574 g/mol. The minimum Gasteiger partial charge on any atom is -0.393 e. The highest BCUT2D eigenvalue weighted by molar-refractivity contribution is 5.38. The van der Waals surface area contributed by atoms with Crippen LogP contribution in [0.4, 0.5) is 26.3 Å². The number of fused-ring (bicyclic) bond motifs is 1. The lowest BCUT2D eigenvalue weighted by molar-refractivity contribution is -0.347. The quantitative estimate of drug-likeness (QED) is 0.156. The first-order valence-electron chi connectivity index (χ1n) is 15.2. The van der Waals surface area contributed by atoms with Crippen molar-refractivity contribution in [3.63, 3.8) is 0 Å². The summed E-state index contributed by atoms with van der Waals surface area (Å²) >= 11 is 0. The van der Waals surface area contributed by atoms with E-state index < -0.39 is 41.2 Å². The van der Waals surface area contributed by atoms with Crippen molar-refractivity contribution in [3.8, 4) is 0 Å². The predicted molar refractivity (Wildman–Crippen MR) is 154 cm³/mol. The van der Waals surface area contributed by atoms with E-state index in [1.165, 1.54) is 5.57 Å². The maximum Gasteiger partial charge on any atom is 0.429 e. The number of rotatable bonds is 9. The molecule has 0 saturated heterocycles. The van der Waals surface area contributed by atoms with Crippen molar-refractivity contribution in [1.29, 1.82) is 0 Å².